The first-order chi connectivity index (χ1) is 7.24. The number of hydrogen-bond donors (Lipinski definition) is 1. The van der Waals surface area contributed by atoms with E-state index < -0.39 is 0 Å². The Kier molecular flexibility index (Phi) is 3.57. The Morgan fingerprint density at radius 2 is 1.80 bits per heavy atom. The molecule has 0 unspecified atom stereocenters. The van der Waals surface area contributed by atoms with Crippen LogP contribution in [0.4, 0.5) is 5.95 Å². The standard InChI is InChI=1S/C11H16BrN3/c1-8-2-4-10(5-3-8)15-11-13-6-9(12)7-14-11/h6-8,10H,2-5H2,1H3,(H,13,14,15)/t8-,10+. The molecule has 1 aromatic heterocycles. The zero-order chi connectivity index (χ0) is 10.7. The van der Waals surface area contributed by atoms with Crippen LogP contribution in [-0.2, 0) is 0 Å². The van der Waals surface area contributed by atoms with E-state index in [1.165, 1.54) is 25.7 Å². The van der Waals surface area contributed by atoms with Crippen molar-refractivity contribution in [3.05, 3.63) is 16.9 Å². The molecule has 0 aliphatic heterocycles. The van der Waals surface area contributed by atoms with Crippen molar-refractivity contribution in [3.8, 4) is 0 Å². The smallest absolute Gasteiger partial charge is 0.222 e. The van der Waals surface area contributed by atoms with Gasteiger partial charge in [0, 0.05) is 18.4 Å². The van der Waals surface area contributed by atoms with Crippen molar-refractivity contribution in [2.24, 2.45) is 5.92 Å². The quantitative estimate of drug-likeness (QED) is 0.896. The van der Waals surface area contributed by atoms with Crippen molar-refractivity contribution in [1.29, 1.82) is 0 Å². The van der Waals surface area contributed by atoms with E-state index in [2.05, 4.69) is 38.1 Å². The Balaban J connectivity index is 1.89. The van der Waals surface area contributed by atoms with E-state index in [1.807, 2.05) is 0 Å². The first-order valence-electron chi connectivity index (χ1n) is 5.48. The van der Waals surface area contributed by atoms with Gasteiger partial charge in [-0.25, -0.2) is 9.97 Å². The predicted octanol–water partition coefficient (Wildman–Crippen LogP) is 3.23. The highest BCUT2D eigenvalue weighted by atomic mass is 79.9. The van der Waals surface area contributed by atoms with Crippen LogP contribution in [-0.4, -0.2) is 16.0 Å². The summed E-state index contributed by atoms with van der Waals surface area (Å²) in [6.45, 7) is 2.33. The van der Waals surface area contributed by atoms with Gasteiger partial charge < -0.3 is 5.32 Å². The Labute approximate surface area is 98.8 Å². The van der Waals surface area contributed by atoms with Gasteiger partial charge in [0.2, 0.25) is 5.95 Å². The van der Waals surface area contributed by atoms with Crippen molar-refractivity contribution in [3.63, 3.8) is 0 Å². The van der Waals surface area contributed by atoms with Gasteiger partial charge in [-0.05, 0) is 47.5 Å². The van der Waals surface area contributed by atoms with Crippen molar-refractivity contribution < 1.29 is 0 Å². The molecule has 0 aromatic carbocycles. The van der Waals surface area contributed by atoms with Crippen LogP contribution < -0.4 is 5.32 Å². The van der Waals surface area contributed by atoms with Crippen LogP contribution in [0, 0.1) is 5.92 Å². The lowest BCUT2D eigenvalue weighted by atomic mass is 9.87. The van der Waals surface area contributed by atoms with Gasteiger partial charge in [0.1, 0.15) is 0 Å². The fourth-order valence-electron chi connectivity index (χ4n) is 1.97. The van der Waals surface area contributed by atoms with Crippen molar-refractivity contribution in [2.75, 3.05) is 5.32 Å². The number of nitrogens with one attached hydrogen (secondary N) is 1. The Morgan fingerprint density at radius 1 is 1.20 bits per heavy atom. The third-order valence-corrected chi connectivity index (χ3v) is 3.38. The molecule has 1 fully saturated rings. The summed E-state index contributed by atoms with van der Waals surface area (Å²) in [5, 5.41) is 3.39. The van der Waals surface area contributed by atoms with Crippen LogP contribution >= 0.6 is 15.9 Å². The summed E-state index contributed by atoms with van der Waals surface area (Å²) in [6.07, 6.45) is 8.66. The molecule has 0 spiro atoms. The first-order valence-corrected chi connectivity index (χ1v) is 6.27. The highest BCUT2D eigenvalue weighted by molar-refractivity contribution is 9.10. The highest BCUT2D eigenvalue weighted by Gasteiger charge is 2.18. The van der Waals surface area contributed by atoms with Gasteiger partial charge in [0.25, 0.3) is 0 Å². The Bertz CT molecular complexity index is 304. The number of hydrogen-bond acceptors (Lipinski definition) is 3. The molecule has 1 aliphatic rings. The van der Waals surface area contributed by atoms with Gasteiger partial charge in [-0.1, -0.05) is 6.92 Å². The Hall–Kier alpha value is -0.640. The number of anilines is 1. The molecule has 4 heteroatoms. The van der Waals surface area contributed by atoms with Crippen LogP contribution in [0.2, 0.25) is 0 Å². The van der Waals surface area contributed by atoms with Crippen LogP contribution in [0.15, 0.2) is 16.9 Å². The topological polar surface area (TPSA) is 37.8 Å². The van der Waals surface area contributed by atoms with E-state index in [1.54, 1.807) is 12.4 Å². The summed E-state index contributed by atoms with van der Waals surface area (Å²) in [5.74, 6) is 1.63. The SMILES string of the molecule is C[C@H]1CC[C@@H](Nc2ncc(Br)cn2)CC1. The predicted molar refractivity (Wildman–Crippen MR) is 64.8 cm³/mol. The molecule has 1 aromatic rings. The Morgan fingerprint density at radius 3 is 2.40 bits per heavy atom. The van der Waals surface area contributed by atoms with Crippen LogP contribution in [0.1, 0.15) is 32.6 Å². The van der Waals surface area contributed by atoms with Crippen molar-refractivity contribution in [2.45, 2.75) is 38.6 Å². The highest BCUT2D eigenvalue weighted by Crippen LogP contribution is 2.25. The first kappa shape index (κ1) is 10.9. The van der Waals surface area contributed by atoms with E-state index in [9.17, 15) is 0 Å². The molecule has 15 heavy (non-hydrogen) atoms. The molecule has 3 nitrogen and oxygen atoms in total. The summed E-state index contributed by atoms with van der Waals surface area (Å²) in [7, 11) is 0. The molecule has 2 rings (SSSR count). The fourth-order valence-corrected chi connectivity index (χ4v) is 2.18. The maximum absolute atomic E-state index is 4.22. The van der Waals surface area contributed by atoms with Gasteiger partial charge in [-0.2, -0.15) is 0 Å². The molecule has 0 atom stereocenters. The van der Waals surface area contributed by atoms with E-state index in [-0.39, 0.29) is 0 Å². The molecule has 1 aliphatic carbocycles. The second kappa shape index (κ2) is 4.92. The molecule has 0 saturated heterocycles. The minimum absolute atomic E-state index is 0.558. The molecule has 0 bridgehead atoms. The summed E-state index contributed by atoms with van der Waals surface area (Å²) < 4.78 is 0.922. The number of nitrogens with zero attached hydrogens (tertiary/aromatic N) is 2. The average Bonchev–Trinajstić information content (AvgIpc) is 2.25. The maximum atomic E-state index is 4.22. The van der Waals surface area contributed by atoms with Crippen LogP contribution in [0.3, 0.4) is 0 Å². The van der Waals surface area contributed by atoms with Gasteiger partial charge in [0.15, 0.2) is 0 Å². The number of halogens is 1. The van der Waals surface area contributed by atoms with Gasteiger partial charge in [-0.15, -0.1) is 0 Å². The van der Waals surface area contributed by atoms with Crippen molar-refractivity contribution in [1.82, 2.24) is 9.97 Å². The molecule has 1 saturated carbocycles. The molecular formula is C11H16BrN3. The molecular weight excluding hydrogens is 254 g/mol. The van der Waals surface area contributed by atoms with Gasteiger partial charge in [0.05, 0.1) is 4.47 Å². The molecule has 0 amide bonds. The number of rotatable bonds is 2. The fraction of sp³-hybridized carbons (Fsp3) is 0.636. The summed E-state index contributed by atoms with van der Waals surface area (Å²) in [4.78, 5) is 8.44. The lowest BCUT2D eigenvalue weighted by Gasteiger charge is -2.26. The summed E-state index contributed by atoms with van der Waals surface area (Å²) in [6, 6.07) is 0.558. The lowest BCUT2D eigenvalue weighted by molar-refractivity contribution is 0.360. The zero-order valence-electron chi connectivity index (χ0n) is 8.91. The minimum atomic E-state index is 0.558. The van der Waals surface area contributed by atoms with Crippen LogP contribution in [0.25, 0.3) is 0 Å². The van der Waals surface area contributed by atoms with Gasteiger partial charge >= 0.3 is 0 Å². The largest absolute Gasteiger partial charge is 0.351 e. The lowest BCUT2D eigenvalue weighted by Crippen LogP contribution is -2.26. The van der Waals surface area contributed by atoms with Gasteiger partial charge in [-0.3, -0.25) is 0 Å². The molecule has 1 heterocycles. The van der Waals surface area contributed by atoms with Crippen molar-refractivity contribution >= 4 is 21.9 Å². The number of aromatic nitrogens is 2. The third kappa shape index (κ3) is 3.16. The molecule has 82 valence electrons. The zero-order valence-corrected chi connectivity index (χ0v) is 10.5. The second-order valence-corrected chi connectivity index (χ2v) is 5.24. The average molecular weight is 270 g/mol. The molecule has 1 N–H and O–H groups in total. The maximum Gasteiger partial charge on any atom is 0.222 e. The summed E-state index contributed by atoms with van der Waals surface area (Å²) >= 11 is 3.33. The second-order valence-electron chi connectivity index (χ2n) is 4.33. The summed E-state index contributed by atoms with van der Waals surface area (Å²) in [5.41, 5.74) is 0. The van der Waals surface area contributed by atoms with E-state index >= 15 is 0 Å². The third-order valence-electron chi connectivity index (χ3n) is 2.97. The normalized spacial score (nSPS) is 26.3. The van der Waals surface area contributed by atoms with E-state index in [4.69, 9.17) is 0 Å². The molecule has 0 radical (unpaired) electrons. The van der Waals surface area contributed by atoms with E-state index in [0.717, 1.165) is 16.3 Å². The van der Waals surface area contributed by atoms with E-state index in [0.29, 0.717) is 6.04 Å². The minimum Gasteiger partial charge on any atom is -0.351 e. The van der Waals surface area contributed by atoms with Crippen LogP contribution in [0.5, 0.6) is 0 Å². The monoisotopic (exact) mass is 269 g/mol.